The smallest absolute Gasteiger partial charge is 0.0763 e. The molecule has 3 rings (SSSR count). The van der Waals surface area contributed by atoms with Gasteiger partial charge in [-0.1, -0.05) is 44.0 Å². The van der Waals surface area contributed by atoms with E-state index in [2.05, 4.69) is 30.9 Å². The number of hydrogen-bond donors (Lipinski definition) is 1. The van der Waals surface area contributed by atoms with Crippen molar-refractivity contribution in [3.05, 3.63) is 34.9 Å². The first-order chi connectivity index (χ1) is 10.4. The molecule has 1 saturated carbocycles. The van der Waals surface area contributed by atoms with Gasteiger partial charge in [-0.05, 0) is 55.3 Å². The highest BCUT2D eigenvalue weighted by molar-refractivity contribution is 6.30. The number of benzene rings is 1. The number of aliphatic hydroxyl groups excluding tert-OH is 1. The SMILES string of the molecule is CC1(C)CCCN(CC(O)C2(c3ccc(Cl)cc3)CCC2)C1. The van der Waals surface area contributed by atoms with Gasteiger partial charge in [0.15, 0.2) is 0 Å². The molecule has 1 aromatic rings. The number of likely N-dealkylation sites (tertiary alicyclic amines) is 1. The van der Waals surface area contributed by atoms with Crippen LogP contribution in [0.2, 0.25) is 5.02 Å². The molecule has 1 saturated heterocycles. The van der Waals surface area contributed by atoms with Gasteiger partial charge < -0.3 is 10.0 Å². The lowest BCUT2D eigenvalue weighted by atomic mass is 9.61. The van der Waals surface area contributed by atoms with Crippen LogP contribution >= 0.6 is 11.6 Å². The minimum atomic E-state index is -0.281. The predicted molar refractivity (Wildman–Crippen MR) is 92.4 cm³/mol. The molecule has 3 heteroatoms. The Bertz CT molecular complexity index is 507. The molecule has 1 aliphatic carbocycles. The predicted octanol–water partition coefficient (Wildman–Crippen LogP) is 4.24. The lowest BCUT2D eigenvalue weighted by Crippen LogP contribution is -2.53. The summed E-state index contributed by atoms with van der Waals surface area (Å²) in [7, 11) is 0. The molecule has 1 heterocycles. The number of β-amino-alcohol motifs (C(OH)–C–C–N with tert-alkyl or cyclic N) is 1. The molecule has 2 aliphatic rings. The van der Waals surface area contributed by atoms with E-state index in [0.717, 1.165) is 37.5 Å². The van der Waals surface area contributed by atoms with Crippen LogP contribution in [-0.4, -0.2) is 35.7 Å². The van der Waals surface area contributed by atoms with Crippen molar-refractivity contribution in [3.63, 3.8) is 0 Å². The van der Waals surface area contributed by atoms with Crippen LogP contribution in [-0.2, 0) is 5.41 Å². The standard InChI is InChI=1S/C19H28ClNO/c1-18(2)9-4-12-21(14-18)13-17(22)19(10-3-11-19)15-5-7-16(20)8-6-15/h5-8,17,22H,3-4,9-14H2,1-2H3. The summed E-state index contributed by atoms with van der Waals surface area (Å²) in [5.41, 5.74) is 1.59. The highest BCUT2D eigenvalue weighted by Gasteiger charge is 2.45. The Morgan fingerprint density at radius 2 is 1.82 bits per heavy atom. The fourth-order valence-corrected chi connectivity index (χ4v) is 4.40. The maximum Gasteiger partial charge on any atom is 0.0763 e. The summed E-state index contributed by atoms with van der Waals surface area (Å²) in [4.78, 5) is 2.46. The summed E-state index contributed by atoms with van der Waals surface area (Å²) in [5.74, 6) is 0. The monoisotopic (exact) mass is 321 g/mol. The number of halogens is 1. The Kier molecular flexibility index (Phi) is 4.55. The normalized spacial score (nSPS) is 25.5. The van der Waals surface area contributed by atoms with Crippen LogP contribution in [0.1, 0.15) is 51.5 Å². The second kappa shape index (κ2) is 6.14. The van der Waals surface area contributed by atoms with Gasteiger partial charge >= 0.3 is 0 Å². The zero-order chi connectivity index (χ0) is 15.8. The Labute approximate surface area is 139 Å². The molecule has 1 unspecified atom stereocenters. The van der Waals surface area contributed by atoms with Crippen molar-refractivity contribution in [1.29, 1.82) is 0 Å². The van der Waals surface area contributed by atoms with Crippen LogP contribution in [0.15, 0.2) is 24.3 Å². The van der Waals surface area contributed by atoms with Gasteiger partial charge in [0.05, 0.1) is 6.10 Å². The summed E-state index contributed by atoms with van der Waals surface area (Å²) in [5, 5.41) is 11.8. The number of hydrogen-bond acceptors (Lipinski definition) is 2. The summed E-state index contributed by atoms with van der Waals surface area (Å²) < 4.78 is 0. The molecule has 1 atom stereocenters. The molecule has 0 bridgehead atoms. The van der Waals surface area contributed by atoms with Gasteiger partial charge in [0.1, 0.15) is 0 Å². The summed E-state index contributed by atoms with van der Waals surface area (Å²) in [6, 6.07) is 8.11. The Balaban J connectivity index is 1.72. The van der Waals surface area contributed by atoms with E-state index in [0.29, 0.717) is 5.41 Å². The zero-order valence-corrected chi connectivity index (χ0v) is 14.6. The maximum atomic E-state index is 11.0. The molecule has 2 fully saturated rings. The number of rotatable bonds is 4. The van der Waals surface area contributed by atoms with Gasteiger partial charge in [-0.15, -0.1) is 0 Å². The van der Waals surface area contributed by atoms with Gasteiger partial charge in [-0.3, -0.25) is 0 Å². The third-order valence-corrected chi connectivity index (χ3v) is 5.97. The van der Waals surface area contributed by atoms with E-state index in [9.17, 15) is 5.11 Å². The molecule has 122 valence electrons. The zero-order valence-electron chi connectivity index (χ0n) is 13.8. The van der Waals surface area contributed by atoms with Crippen molar-refractivity contribution < 1.29 is 5.11 Å². The minimum absolute atomic E-state index is 0.0494. The number of aliphatic hydroxyl groups is 1. The first kappa shape index (κ1) is 16.3. The van der Waals surface area contributed by atoms with Crippen LogP contribution in [0.25, 0.3) is 0 Å². The fourth-order valence-electron chi connectivity index (χ4n) is 4.27. The maximum absolute atomic E-state index is 11.0. The lowest BCUT2D eigenvalue weighted by Gasteiger charge is -2.48. The average molecular weight is 322 g/mol. The van der Waals surface area contributed by atoms with Crippen molar-refractivity contribution in [2.24, 2.45) is 5.41 Å². The number of piperidine rings is 1. The number of nitrogens with zero attached hydrogens (tertiary/aromatic N) is 1. The molecule has 0 radical (unpaired) electrons. The molecule has 2 nitrogen and oxygen atoms in total. The molecule has 1 N–H and O–H groups in total. The Hall–Kier alpha value is -0.570. The van der Waals surface area contributed by atoms with Crippen LogP contribution in [0.5, 0.6) is 0 Å². The van der Waals surface area contributed by atoms with E-state index < -0.39 is 0 Å². The van der Waals surface area contributed by atoms with E-state index in [1.807, 2.05) is 12.1 Å². The van der Waals surface area contributed by atoms with Crippen LogP contribution in [0.3, 0.4) is 0 Å². The van der Waals surface area contributed by atoms with E-state index in [4.69, 9.17) is 11.6 Å². The van der Waals surface area contributed by atoms with E-state index in [1.54, 1.807) is 0 Å². The molecule has 0 amide bonds. The van der Waals surface area contributed by atoms with Crippen molar-refractivity contribution in [2.45, 2.75) is 57.5 Å². The molecule has 22 heavy (non-hydrogen) atoms. The van der Waals surface area contributed by atoms with Gasteiger partial charge in [-0.2, -0.15) is 0 Å². The van der Waals surface area contributed by atoms with E-state index >= 15 is 0 Å². The first-order valence-corrected chi connectivity index (χ1v) is 8.96. The van der Waals surface area contributed by atoms with Crippen molar-refractivity contribution in [3.8, 4) is 0 Å². The van der Waals surface area contributed by atoms with Crippen molar-refractivity contribution in [1.82, 2.24) is 4.90 Å². The largest absolute Gasteiger partial charge is 0.391 e. The fraction of sp³-hybridized carbons (Fsp3) is 0.684. The van der Waals surface area contributed by atoms with Crippen LogP contribution < -0.4 is 0 Å². The topological polar surface area (TPSA) is 23.5 Å². The summed E-state index contributed by atoms with van der Waals surface area (Å²) in [6.07, 6.45) is 5.65. The quantitative estimate of drug-likeness (QED) is 0.896. The molecule has 1 aromatic carbocycles. The van der Waals surface area contributed by atoms with Crippen molar-refractivity contribution >= 4 is 11.6 Å². The van der Waals surface area contributed by atoms with Gasteiger partial charge in [0.25, 0.3) is 0 Å². The van der Waals surface area contributed by atoms with Crippen molar-refractivity contribution in [2.75, 3.05) is 19.6 Å². The summed E-state index contributed by atoms with van der Waals surface area (Å²) >= 11 is 6.02. The van der Waals surface area contributed by atoms with Crippen LogP contribution in [0, 0.1) is 5.41 Å². The average Bonchev–Trinajstić information content (AvgIpc) is 2.38. The van der Waals surface area contributed by atoms with Crippen LogP contribution in [0.4, 0.5) is 0 Å². The molecule has 0 aromatic heterocycles. The Morgan fingerprint density at radius 1 is 1.14 bits per heavy atom. The molecular formula is C19H28ClNO. The van der Waals surface area contributed by atoms with Gasteiger partial charge in [0, 0.05) is 23.5 Å². The molecular weight excluding hydrogens is 294 g/mol. The minimum Gasteiger partial charge on any atom is -0.391 e. The van der Waals surface area contributed by atoms with Gasteiger partial charge in [-0.25, -0.2) is 0 Å². The summed E-state index contributed by atoms with van der Waals surface area (Å²) in [6.45, 7) is 7.69. The van der Waals surface area contributed by atoms with Gasteiger partial charge in [0.2, 0.25) is 0 Å². The Morgan fingerprint density at radius 3 is 2.36 bits per heavy atom. The highest BCUT2D eigenvalue weighted by atomic mass is 35.5. The first-order valence-electron chi connectivity index (χ1n) is 8.58. The molecule has 0 spiro atoms. The molecule has 1 aliphatic heterocycles. The highest BCUT2D eigenvalue weighted by Crippen LogP contribution is 2.47. The second-order valence-electron chi connectivity index (χ2n) is 8.04. The van der Waals surface area contributed by atoms with E-state index in [1.165, 1.54) is 24.8 Å². The third kappa shape index (κ3) is 3.20. The third-order valence-electron chi connectivity index (χ3n) is 5.71. The van der Waals surface area contributed by atoms with E-state index in [-0.39, 0.29) is 11.5 Å². The second-order valence-corrected chi connectivity index (χ2v) is 8.47. The lowest BCUT2D eigenvalue weighted by molar-refractivity contribution is -0.0134.